The molecule has 0 radical (unpaired) electrons. The van der Waals surface area contributed by atoms with Crippen molar-refractivity contribution in [3.05, 3.63) is 0 Å². The van der Waals surface area contributed by atoms with E-state index in [1.807, 2.05) is 6.92 Å². The van der Waals surface area contributed by atoms with E-state index in [0.717, 1.165) is 19.3 Å². The molecule has 0 N–H and O–H groups in total. The maximum atomic E-state index is 11.6. The largest absolute Gasteiger partial charge is 0.466 e. The Balaban J connectivity index is 3.13. The molecular formula is C24H48O3. The summed E-state index contributed by atoms with van der Waals surface area (Å²) in [7, 11) is 1.68. The van der Waals surface area contributed by atoms with Gasteiger partial charge in [-0.2, -0.15) is 0 Å². The third kappa shape index (κ3) is 21.6. The Hall–Kier alpha value is -0.570. The van der Waals surface area contributed by atoms with Crippen LogP contribution in [0.15, 0.2) is 0 Å². The number of unbranched alkanes of at least 4 members (excludes halogenated alkanes) is 15. The van der Waals surface area contributed by atoms with Crippen LogP contribution in [0.2, 0.25) is 0 Å². The van der Waals surface area contributed by atoms with Gasteiger partial charge in [-0.3, -0.25) is 4.79 Å². The van der Waals surface area contributed by atoms with Crippen LogP contribution in [0.4, 0.5) is 0 Å². The van der Waals surface area contributed by atoms with E-state index in [4.69, 9.17) is 9.47 Å². The van der Waals surface area contributed by atoms with Crippen LogP contribution >= 0.6 is 0 Å². The third-order valence-corrected chi connectivity index (χ3v) is 5.42. The summed E-state index contributed by atoms with van der Waals surface area (Å²) in [6.45, 7) is 4.75. The summed E-state index contributed by atoms with van der Waals surface area (Å²) in [5.74, 6) is -0.0522. The van der Waals surface area contributed by atoms with Gasteiger partial charge in [0, 0.05) is 20.0 Å². The van der Waals surface area contributed by atoms with Gasteiger partial charge in [0.1, 0.15) is 0 Å². The van der Waals surface area contributed by atoms with Crippen molar-refractivity contribution < 1.29 is 14.3 Å². The summed E-state index contributed by atoms with van der Waals surface area (Å²) in [5.41, 5.74) is 0. The highest BCUT2D eigenvalue weighted by Crippen LogP contribution is 2.14. The molecule has 0 saturated carbocycles. The van der Waals surface area contributed by atoms with Crippen LogP contribution in [0.1, 0.15) is 129 Å². The second-order valence-electron chi connectivity index (χ2n) is 8.11. The van der Waals surface area contributed by atoms with Crippen molar-refractivity contribution in [2.75, 3.05) is 13.7 Å². The van der Waals surface area contributed by atoms with Crippen LogP contribution in [0.25, 0.3) is 0 Å². The lowest BCUT2D eigenvalue weighted by atomic mass is 10.0. The molecule has 0 saturated heterocycles. The summed E-state index contributed by atoms with van der Waals surface area (Å²) >= 11 is 0. The fourth-order valence-electron chi connectivity index (χ4n) is 3.35. The van der Waals surface area contributed by atoms with Crippen LogP contribution in [0.5, 0.6) is 0 Å². The lowest BCUT2D eigenvalue weighted by Gasteiger charge is -2.09. The highest BCUT2D eigenvalue weighted by Gasteiger charge is 2.05. The molecule has 0 aliphatic rings. The summed E-state index contributed by atoms with van der Waals surface area (Å²) in [5, 5.41) is 0. The number of carbonyl (C=O) groups excluding carboxylic acids is 1. The zero-order chi connectivity index (χ0) is 20.0. The lowest BCUT2D eigenvalue weighted by Crippen LogP contribution is -2.12. The molecule has 3 nitrogen and oxygen atoms in total. The standard InChI is InChI=1S/C24H48O3/c1-4-5-6-7-8-9-10-11-12-13-14-15-16-17-18-19-20-24(25)27-22-21-23(2)26-3/h23H,4-22H2,1-3H3. The molecule has 0 heterocycles. The molecule has 3 heteroatoms. The van der Waals surface area contributed by atoms with Crippen molar-refractivity contribution in [2.45, 2.75) is 136 Å². The van der Waals surface area contributed by atoms with Crippen molar-refractivity contribution in [3.8, 4) is 0 Å². The van der Waals surface area contributed by atoms with Gasteiger partial charge < -0.3 is 9.47 Å². The highest BCUT2D eigenvalue weighted by atomic mass is 16.5. The van der Waals surface area contributed by atoms with Gasteiger partial charge >= 0.3 is 5.97 Å². The normalized spacial score (nSPS) is 12.3. The Morgan fingerprint density at radius 3 is 1.52 bits per heavy atom. The van der Waals surface area contributed by atoms with Crippen LogP contribution in [0, 0.1) is 0 Å². The molecule has 27 heavy (non-hydrogen) atoms. The Kier molecular flexibility index (Phi) is 21.3. The van der Waals surface area contributed by atoms with Gasteiger partial charge in [0.2, 0.25) is 0 Å². The number of rotatable bonds is 21. The van der Waals surface area contributed by atoms with Gasteiger partial charge in [0.05, 0.1) is 12.7 Å². The topological polar surface area (TPSA) is 35.5 Å². The fraction of sp³-hybridized carbons (Fsp3) is 0.958. The molecule has 0 aromatic rings. The number of carbonyl (C=O) groups is 1. The van der Waals surface area contributed by atoms with E-state index in [2.05, 4.69) is 6.92 Å². The average molecular weight is 385 g/mol. The molecule has 0 bridgehead atoms. The minimum absolute atomic E-state index is 0.0522. The van der Waals surface area contributed by atoms with Crippen molar-refractivity contribution >= 4 is 5.97 Å². The van der Waals surface area contributed by atoms with Crippen LogP contribution < -0.4 is 0 Å². The maximum absolute atomic E-state index is 11.6. The predicted molar refractivity (Wildman–Crippen MR) is 116 cm³/mol. The molecule has 0 fully saturated rings. The number of ether oxygens (including phenoxy) is 2. The van der Waals surface area contributed by atoms with Crippen LogP contribution in [-0.4, -0.2) is 25.8 Å². The zero-order valence-electron chi connectivity index (χ0n) is 18.7. The van der Waals surface area contributed by atoms with Gasteiger partial charge in [0.25, 0.3) is 0 Å². The summed E-state index contributed by atoms with van der Waals surface area (Å²) in [4.78, 5) is 11.6. The van der Waals surface area contributed by atoms with E-state index in [1.165, 1.54) is 89.9 Å². The van der Waals surface area contributed by atoms with E-state index < -0.39 is 0 Å². The Labute approximate surface area is 170 Å². The van der Waals surface area contributed by atoms with Crippen LogP contribution in [0.3, 0.4) is 0 Å². The van der Waals surface area contributed by atoms with E-state index in [-0.39, 0.29) is 12.1 Å². The molecule has 1 atom stereocenters. The average Bonchev–Trinajstić information content (AvgIpc) is 2.67. The van der Waals surface area contributed by atoms with Gasteiger partial charge in [-0.1, -0.05) is 103 Å². The quantitative estimate of drug-likeness (QED) is 0.151. The van der Waals surface area contributed by atoms with E-state index in [9.17, 15) is 4.79 Å². The van der Waals surface area contributed by atoms with Crippen molar-refractivity contribution in [1.29, 1.82) is 0 Å². The first kappa shape index (κ1) is 26.4. The first-order chi connectivity index (χ1) is 13.2. The first-order valence-corrected chi connectivity index (χ1v) is 11.9. The van der Waals surface area contributed by atoms with E-state index >= 15 is 0 Å². The molecule has 0 spiro atoms. The molecule has 0 aliphatic heterocycles. The minimum atomic E-state index is -0.0522. The number of hydrogen-bond donors (Lipinski definition) is 0. The zero-order valence-corrected chi connectivity index (χ0v) is 18.7. The maximum Gasteiger partial charge on any atom is 0.305 e. The van der Waals surface area contributed by atoms with E-state index in [0.29, 0.717) is 13.0 Å². The molecular weight excluding hydrogens is 336 g/mol. The smallest absolute Gasteiger partial charge is 0.305 e. The summed E-state index contributed by atoms with van der Waals surface area (Å²) < 4.78 is 10.4. The SMILES string of the molecule is CCCCCCCCCCCCCCCCCCC(=O)OCCC(C)OC. The van der Waals surface area contributed by atoms with Crippen molar-refractivity contribution in [2.24, 2.45) is 0 Å². The Morgan fingerprint density at radius 2 is 1.11 bits per heavy atom. The van der Waals surface area contributed by atoms with Gasteiger partial charge in [-0.15, -0.1) is 0 Å². The molecule has 0 aromatic carbocycles. The molecule has 162 valence electrons. The van der Waals surface area contributed by atoms with E-state index in [1.54, 1.807) is 7.11 Å². The fourth-order valence-corrected chi connectivity index (χ4v) is 3.35. The van der Waals surface area contributed by atoms with Gasteiger partial charge in [-0.25, -0.2) is 0 Å². The van der Waals surface area contributed by atoms with Crippen LogP contribution in [-0.2, 0) is 14.3 Å². The second-order valence-corrected chi connectivity index (χ2v) is 8.11. The number of esters is 1. The molecule has 0 aliphatic carbocycles. The Bertz CT molecular complexity index is 304. The third-order valence-electron chi connectivity index (χ3n) is 5.42. The molecule has 0 amide bonds. The molecule has 0 rings (SSSR count). The second kappa shape index (κ2) is 21.7. The predicted octanol–water partition coefficient (Wildman–Crippen LogP) is 7.61. The van der Waals surface area contributed by atoms with Gasteiger partial charge in [-0.05, 0) is 13.3 Å². The number of methoxy groups -OCH3 is 1. The monoisotopic (exact) mass is 384 g/mol. The molecule has 1 unspecified atom stereocenters. The number of hydrogen-bond acceptors (Lipinski definition) is 3. The Morgan fingerprint density at radius 1 is 0.704 bits per heavy atom. The highest BCUT2D eigenvalue weighted by molar-refractivity contribution is 5.69. The van der Waals surface area contributed by atoms with Crippen molar-refractivity contribution in [3.63, 3.8) is 0 Å². The minimum Gasteiger partial charge on any atom is -0.466 e. The van der Waals surface area contributed by atoms with Crippen molar-refractivity contribution in [1.82, 2.24) is 0 Å². The summed E-state index contributed by atoms with van der Waals surface area (Å²) in [6.07, 6.45) is 23.2. The summed E-state index contributed by atoms with van der Waals surface area (Å²) in [6, 6.07) is 0. The van der Waals surface area contributed by atoms with Gasteiger partial charge in [0.15, 0.2) is 0 Å². The lowest BCUT2D eigenvalue weighted by molar-refractivity contribution is -0.144. The first-order valence-electron chi connectivity index (χ1n) is 11.9. The molecule has 0 aromatic heterocycles.